The lowest BCUT2D eigenvalue weighted by molar-refractivity contribution is -0.115. The van der Waals surface area contributed by atoms with Crippen LogP contribution in [0.5, 0.6) is 0 Å². The van der Waals surface area contributed by atoms with Gasteiger partial charge in [-0.25, -0.2) is 0 Å². The Morgan fingerprint density at radius 2 is 1.85 bits per heavy atom. The molecule has 7 heteroatoms. The van der Waals surface area contributed by atoms with Crippen molar-refractivity contribution in [2.45, 2.75) is 13.5 Å². The Hall–Kier alpha value is -3.71. The molecule has 0 saturated carbocycles. The number of carbonyl (C=O) groups is 2. The highest BCUT2D eigenvalue weighted by Crippen LogP contribution is 2.29. The number of amides is 1. The molecular weight excluding hydrogens is 434 g/mol. The van der Waals surface area contributed by atoms with Crippen molar-refractivity contribution in [1.29, 1.82) is 0 Å². The number of hydrogen-bond donors (Lipinski definition) is 1. The molecule has 165 valence electrons. The number of anilines is 1. The first kappa shape index (κ1) is 22.5. The molecule has 1 unspecified atom stereocenters. The topological polar surface area (TPSA) is 78.8 Å². The van der Waals surface area contributed by atoms with E-state index >= 15 is 0 Å². The second-order valence-electron chi connectivity index (χ2n) is 7.85. The number of amidine groups is 1. The van der Waals surface area contributed by atoms with Crippen LogP contribution < -0.4 is 10.2 Å². The second kappa shape index (κ2) is 9.83. The number of rotatable bonds is 6. The van der Waals surface area contributed by atoms with Crippen LogP contribution in [0.15, 0.2) is 82.4 Å². The predicted octanol–water partition coefficient (Wildman–Crippen LogP) is 3.94. The number of hydrogen-bond acceptors (Lipinski definition) is 6. The fourth-order valence-corrected chi connectivity index (χ4v) is 4.22. The Morgan fingerprint density at radius 3 is 2.52 bits per heavy atom. The molecule has 1 heterocycles. The van der Waals surface area contributed by atoms with E-state index in [1.807, 2.05) is 31.3 Å². The first-order chi connectivity index (χ1) is 15.9. The Labute approximate surface area is 196 Å². The van der Waals surface area contributed by atoms with Gasteiger partial charge in [0.2, 0.25) is 6.29 Å². The van der Waals surface area contributed by atoms with Crippen LogP contribution in [-0.4, -0.2) is 30.2 Å². The lowest BCUT2D eigenvalue weighted by Gasteiger charge is -2.19. The molecule has 0 bridgehead atoms. The fraction of sp³-hybridized carbons (Fsp3) is 0.154. The zero-order chi connectivity index (χ0) is 23.4. The number of aliphatic imine (C=N–C) groups is 1. The third-order valence-corrected chi connectivity index (χ3v) is 6.14. The number of allylic oxidation sites excluding steroid dienone is 3. The summed E-state index contributed by atoms with van der Waals surface area (Å²) in [5, 5.41) is 3.34. The summed E-state index contributed by atoms with van der Waals surface area (Å²) in [6.45, 7) is 2.88. The van der Waals surface area contributed by atoms with Crippen molar-refractivity contribution in [2.24, 2.45) is 10.9 Å². The van der Waals surface area contributed by atoms with Gasteiger partial charge in [0, 0.05) is 31.1 Å². The largest absolute Gasteiger partial charge is 0.370 e. The maximum atomic E-state index is 12.3. The zero-order valence-corrected chi connectivity index (χ0v) is 19.1. The number of aryl methyl sites for hydroxylation is 1. The minimum Gasteiger partial charge on any atom is -0.370 e. The standard InChI is InChI=1S/C26H22N3O3S/c1-17-3-5-19(6-4-17)15-29(2)22-11-7-18(8-12-22)13-24-25(32)28-26(33-24)27-21-10-9-20(16-30)23(31)14-21/h3-14,20H,15H2,1-2H3,(H,27,28,32). The van der Waals surface area contributed by atoms with Gasteiger partial charge >= 0.3 is 0 Å². The van der Waals surface area contributed by atoms with Gasteiger partial charge in [-0.2, -0.15) is 4.99 Å². The average molecular weight is 457 g/mol. The van der Waals surface area contributed by atoms with Crippen molar-refractivity contribution in [3.63, 3.8) is 0 Å². The molecule has 0 fully saturated rings. The van der Waals surface area contributed by atoms with Crippen LogP contribution in [0.25, 0.3) is 6.08 Å². The Morgan fingerprint density at radius 1 is 1.12 bits per heavy atom. The van der Waals surface area contributed by atoms with E-state index in [1.54, 1.807) is 18.4 Å². The van der Waals surface area contributed by atoms with E-state index in [-0.39, 0.29) is 11.7 Å². The molecule has 2 aromatic carbocycles. The molecule has 4 rings (SSSR count). The molecule has 0 saturated heterocycles. The number of carbonyl (C=O) groups excluding carboxylic acids is 3. The molecule has 33 heavy (non-hydrogen) atoms. The van der Waals surface area contributed by atoms with Gasteiger partial charge in [0.25, 0.3) is 5.91 Å². The van der Waals surface area contributed by atoms with E-state index < -0.39 is 5.92 Å². The van der Waals surface area contributed by atoms with Gasteiger partial charge in [0.05, 0.1) is 4.91 Å². The van der Waals surface area contributed by atoms with Crippen LogP contribution in [0.1, 0.15) is 16.7 Å². The second-order valence-corrected chi connectivity index (χ2v) is 8.88. The maximum absolute atomic E-state index is 12.3. The van der Waals surface area contributed by atoms with E-state index in [2.05, 4.69) is 46.4 Å². The SMILES string of the molecule is Cc1ccc(CN(C)c2ccc(C=C3SC(NC4=CC(=O)C([C]=O)C=C4)=NC3=O)cc2)cc1. The quantitative estimate of drug-likeness (QED) is 0.524. The molecule has 6 nitrogen and oxygen atoms in total. The number of benzene rings is 2. The Bertz CT molecular complexity index is 1210. The Balaban J connectivity index is 1.38. The van der Waals surface area contributed by atoms with E-state index in [1.165, 1.54) is 35.0 Å². The summed E-state index contributed by atoms with van der Waals surface area (Å²) in [6.07, 6.45) is 7.86. The van der Waals surface area contributed by atoms with Crippen LogP contribution in [0, 0.1) is 12.8 Å². The van der Waals surface area contributed by atoms with Crippen LogP contribution in [0.4, 0.5) is 5.69 Å². The van der Waals surface area contributed by atoms with E-state index in [9.17, 15) is 14.4 Å². The van der Waals surface area contributed by atoms with E-state index in [4.69, 9.17) is 0 Å². The number of thioether (sulfide) groups is 1. The molecule has 1 radical (unpaired) electrons. The van der Waals surface area contributed by atoms with Crippen LogP contribution in [0.2, 0.25) is 0 Å². The van der Waals surface area contributed by atoms with Crippen LogP contribution in [-0.2, 0) is 20.9 Å². The maximum Gasteiger partial charge on any atom is 0.286 e. The summed E-state index contributed by atoms with van der Waals surface area (Å²) in [5.74, 6) is -1.56. The van der Waals surface area contributed by atoms with Crippen molar-refractivity contribution in [3.05, 3.63) is 94.1 Å². The van der Waals surface area contributed by atoms with Crippen molar-refractivity contribution in [3.8, 4) is 0 Å². The lowest BCUT2D eigenvalue weighted by Crippen LogP contribution is -2.23. The third-order valence-electron chi connectivity index (χ3n) is 5.24. The number of nitrogens with one attached hydrogen (secondary N) is 1. The fourth-order valence-electron chi connectivity index (χ4n) is 3.38. The van der Waals surface area contributed by atoms with Gasteiger partial charge in [-0.1, -0.05) is 48.0 Å². The van der Waals surface area contributed by atoms with Crippen molar-refractivity contribution in [1.82, 2.24) is 5.32 Å². The van der Waals surface area contributed by atoms with Gasteiger partial charge in [-0.05, 0) is 54.1 Å². The summed E-state index contributed by atoms with van der Waals surface area (Å²) in [4.78, 5) is 41.5. The Kier molecular flexibility index (Phi) is 6.70. The van der Waals surface area contributed by atoms with Crippen LogP contribution in [0.3, 0.4) is 0 Å². The smallest absolute Gasteiger partial charge is 0.286 e. The molecule has 1 atom stereocenters. The molecule has 0 spiro atoms. The highest BCUT2D eigenvalue weighted by Gasteiger charge is 2.24. The molecule has 1 aliphatic heterocycles. The number of nitrogens with zero attached hydrogens (tertiary/aromatic N) is 2. The van der Waals surface area contributed by atoms with Crippen molar-refractivity contribution >= 4 is 46.7 Å². The number of ketones is 1. The van der Waals surface area contributed by atoms with Crippen molar-refractivity contribution in [2.75, 3.05) is 11.9 Å². The monoisotopic (exact) mass is 456 g/mol. The van der Waals surface area contributed by atoms with E-state index in [0.29, 0.717) is 15.8 Å². The van der Waals surface area contributed by atoms with Gasteiger partial charge in [-0.3, -0.25) is 14.4 Å². The highest BCUT2D eigenvalue weighted by molar-refractivity contribution is 8.18. The molecule has 2 aromatic rings. The lowest BCUT2D eigenvalue weighted by atomic mass is 10.00. The molecular formula is C26H22N3O3S. The third kappa shape index (κ3) is 5.56. The molecule has 1 amide bonds. The van der Waals surface area contributed by atoms with Gasteiger partial charge in [0.1, 0.15) is 5.92 Å². The summed E-state index contributed by atoms with van der Waals surface area (Å²) in [5.41, 5.74) is 4.93. The molecule has 0 aromatic heterocycles. The minimum atomic E-state index is -0.871. The first-order valence-corrected chi connectivity index (χ1v) is 11.2. The average Bonchev–Trinajstić information content (AvgIpc) is 3.14. The summed E-state index contributed by atoms with van der Waals surface area (Å²) < 4.78 is 0. The van der Waals surface area contributed by atoms with Crippen molar-refractivity contribution < 1.29 is 14.4 Å². The minimum absolute atomic E-state index is 0.339. The molecule has 1 aliphatic carbocycles. The molecule has 2 aliphatic rings. The van der Waals surface area contributed by atoms with Gasteiger partial charge in [-0.15, -0.1) is 0 Å². The summed E-state index contributed by atoms with van der Waals surface area (Å²) >= 11 is 1.21. The zero-order valence-electron chi connectivity index (χ0n) is 18.2. The van der Waals surface area contributed by atoms with Gasteiger partial charge in [0.15, 0.2) is 11.0 Å². The highest BCUT2D eigenvalue weighted by atomic mass is 32.2. The summed E-state index contributed by atoms with van der Waals surface area (Å²) in [6, 6.07) is 16.5. The first-order valence-electron chi connectivity index (χ1n) is 10.4. The van der Waals surface area contributed by atoms with E-state index in [0.717, 1.165) is 17.8 Å². The predicted molar refractivity (Wildman–Crippen MR) is 132 cm³/mol. The summed E-state index contributed by atoms with van der Waals surface area (Å²) in [7, 11) is 2.05. The van der Waals surface area contributed by atoms with Gasteiger partial charge < -0.3 is 10.2 Å². The normalized spacial score (nSPS) is 18.8. The van der Waals surface area contributed by atoms with Crippen LogP contribution >= 0.6 is 11.8 Å². The molecule has 1 N–H and O–H groups in total.